The second-order valence-electron chi connectivity index (χ2n) is 19.8. The Morgan fingerprint density at radius 3 is 1.63 bits per heavy atom. The van der Waals surface area contributed by atoms with Gasteiger partial charge in [0, 0.05) is 97.4 Å². The molecule has 0 saturated heterocycles. The van der Waals surface area contributed by atoms with Crippen LogP contribution in [0.15, 0.2) is 84.9 Å². The third-order valence-electron chi connectivity index (χ3n) is 12.8. The van der Waals surface area contributed by atoms with E-state index in [1.165, 1.54) is 35.2 Å². The van der Waals surface area contributed by atoms with E-state index in [9.17, 15) is 68.2 Å². The molecule has 424 valence electrons. The number of ether oxygens (including phenoxy) is 2. The van der Waals surface area contributed by atoms with E-state index in [1.54, 1.807) is 63.2 Å². The smallest absolute Gasteiger partial charge is 0.410 e. The maximum Gasteiger partial charge on any atom is 0.410 e. The zero-order valence-electron chi connectivity index (χ0n) is 44.5. The predicted octanol–water partition coefficient (Wildman–Crippen LogP) is 4.51. The van der Waals surface area contributed by atoms with Crippen molar-refractivity contribution in [2.75, 3.05) is 64.2 Å². The van der Waals surface area contributed by atoms with Gasteiger partial charge in [-0.2, -0.15) is 0 Å². The van der Waals surface area contributed by atoms with Crippen molar-refractivity contribution < 1.29 is 67.3 Å². The zero-order chi connectivity index (χ0) is 58.5. The Balaban J connectivity index is 0.885. The van der Waals surface area contributed by atoms with Crippen molar-refractivity contribution in [2.24, 2.45) is 0 Å². The first kappa shape index (κ1) is 59.0. The van der Waals surface area contributed by atoms with Gasteiger partial charge in [0.15, 0.2) is 0 Å². The average molecular weight is 1120 g/mol. The minimum Gasteiger partial charge on any atom is -0.460 e. The van der Waals surface area contributed by atoms with Crippen LogP contribution in [0, 0.1) is 20.2 Å². The Morgan fingerprint density at radius 2 is 1.09 bits per heavy atom. The van der Waals surface area contributed by atoms with Crippen LogP contribution in [0.2, 0.25) is 0 Å². The van der Waals surface area contributed by atoms with E-state index in [1.807, 2.05) is 0 Å². The average Bonchev–Trinajstić information content (AvgIpc) is 3.62. The summed E-state index contributed by atoms with van der Waals surface area (Å²) in [7, 11) is 0. The number of anilines is 1. The fourth-order valence-electron chi connectivity index (χ4n) is 8.95. The third-order valence-corrected chi connectivity index (χ3v) is 12.8. The van der Waals surface area contributed by atoms with Crippen molar-refractivity contribution in [3.8, 4) is 0 Å². The van der Waals surface area contributed by atoms with Gasteiger partial charge in [-0.05, 0) is 87.2 Å². The van der Waals surface area contributed by atoms with Crippen molar-refractivity contribution in [3.05, 3.63) is 133 Å². The largest absolute Gasteiger partial charge is 0.460 e. The van der Waals surface area contributed by atoms with Crippen molar-refractivity contribution in [2.45, 2.75) is 65.1 Å². The van der Waals surface area contributed by atoms with Crippen LogP contribution < -0.4 is 26.6 Å². The summed E-state index contributed by atoms with van der Waals surface area (Å²) in [5.74, 6) is -5.41. The molecule has 0 aromatic heterocycles. The number of carbonyl (C=O) groups excluding carboxylic acids is 10. The highest BCUT2D eigenvalue weighted by Crippen LogP contribution is 2.35. The van der Waals surface area contributed by atoms with Crippen LogP contribution in [0.25, 0.3) is 21.5 Å². The van der Waals surface area contributed by atoms with E-state index >= 15 is 0 Å². The fraction of sp³-hybridized carbons (Fsp3) is 0.345. The van der Waals surface area contributed by atoms with Gasteiger partial charge in [0.05, 0.1) is 40.6 Å². The van der Waals surface area contributed by atoms with Crippen LogP contribution >= 0.6 is 0 Å². The standard InChI is InChI=1S/C55H58N10O16/c1-55(2,3)81-47(70)14-5-4-13-43(66)57-29-44(67)58-30-45(68)59-31-46(69)60-36-17-15-33(16-18-36)32-80-54(75)61(23-24-63-51(72)40-12-7-10-35-26-38(65(78)79)28-42(49(35)40)53(63)74)21-8-19-56-20-22-62-50(71)39-11-6-9-34-25-37(64(76)77)27-41(48(34)39)52(62)73/h6-7,9-12,15-18,25-28,56H,4-5,8,13-14,19-24,29-32H2,1-3H3,(H,57,66)(H,58,67)(H,59,68)(H,60,69). The number of benzene rings is 5. The summed E-state index contributed by atoms with van der Waals surface area (Å²) in [6.45, 7) is 3.40. The number of nitro groups is 2. The van der Waals surface area contributed by atoms with Gasteiger partial charge < -0.3 is 41.0 Å². The second kappa shape index (κ2) is 26.3. The summed E-state index contributed by atoms with van der Waals surface area (Å²) < 4.78 is 10.9. The number of hydrogen-bond acceptors (Lipinski definition) is 17. The fourth-order valence-corrected chi connectivity index (χ4v) is 8.95. The van der Waals surface area contributed by atoms with Crippen molar-refractivity contribution in [3.63, 3.8) is 0 Å². The molecule has 7 rings (SSSR count). The summed E-state index contributed by atoms with van der Waals surface area (Å²) in [6, 6.07) is 20.3. The molecule has 5 N–H and O–H groups in total. The first-order valence-corrected chi connectivity index (χ1v) is 25.8. The summed E-state index contributed by atoms with van der Waals surface area (Å²) in [5.41, 5.74) is -0.0869. The number of carbonyl (C=O) groups is 10. The number of hydrogen-bond donors (Lipinski definition) is 5. The van der Waals surface area contributed by atoms with Gasteiger partial charge in [-0.1, -0.05) is 36.4 Å². The molecule has 0 unspecified atom stereocenters. The van der Waals surface area contributed by atoms with E-state index < -0.39 is 81.9 Å². The Bertz CT molecular complexity index is 3360. The zero-order valence-corrected chi connectivity index (χ0v) is 44.5. The SMILES string of the molecule is CC(C)(C)OC(=O)CCCCC(=O)NCC(=O)NCC(=O)NCC(=O)Nc1ccc(COC(=O)N(CCCNCCN2C(=O)c3cccc4cc([N+](=O)[O-])cc(c34)C2=O)CCN2C(=O)c3cccc4cc([N+](=O)[O-])cc(c34)C2=O)cc1. The highest BCUT2D eigenvalue weighted by atomic mass is 16.6. The van der Waals surface area contributed by atoms with E-state index in [0.717, 1.165) is 21.9 Å². The maximum atomic E-state index is 13.8. The molecule has 0 bridgehead atoms. The first-order valence-electron chi connectivity index (χ1n) is 25.8. The molecule has 2 aliphatic rings. The lowest BCUT2D eigenvalue weighted by Gasteiger charge is -2.30. The van der Waals surface area contributed by atoms with Gasteiger partial charge >= 0.3 is 12.1 Å². The van der Waals surface area contributed by atoms with Crippen LogP contribution in [-0.2, 0) is 40.1 Å². The van der Waals surface area contributed by atoms with Crippen molar-refractivity contribution in [1.82, 2.24) is 36.0 Å². The number of nitro benzene ring substituents is 2. The molecule has 26 heteroatoms. The van der Waals surface area contributed by atoms with Gasteiger partial charge in [-0.3, -0.25) is 73.2 Å². The minimum atomic E-state index is -0.839. The molecule has 2 aliphatic heterocycles. The van der Waals surface area contributed by atoms with Crippen LogP contribution in [0.1, 0.15) is 99.9 Å². The van der Waals surface area contributed by atoms with Gasteiger partial charge in [-0.25, -0.2) is 4.79 Å². The molecule has 9 amide bonds. The molecule has 0 fully saturated rings. The van der Waals surface area contributed by atoms with Crippen molar-refractivity contribution in [1.29, 1.82) is 0 Å². The molecule has 26 nitrogen and oxygen atoms in total. The molecule has 5 aromatic carbocycles. The van der Waals surface area contributed by atoms with Crippen LogP contribution in [-0.4, -0.2) is 148 Å². The number of nitrogens with zero attached hydrogens (tertiary/aromatic N) is 5. The second-order valence-corrected chi connectivity index (χ2v) is 19.8. The Kier molecular flexibility index (Phi) is 19.1. The number of imide groups is 2. The maximum absolute atomic E-state index is 13.8. The van der Waals surface area contributed by atoms with Gasteiger partial charge in [0.25, 0.3) is 35.0 Å². The van der Waals surface area contributed by atoms with E-state index in [-0.39, 0.29) is 117 Å². The number of esters is 1. The summed E-state index contributed by atoms with van der Waals surface area (Å²) in [4.78, 5) is 155. The third kappa shape index (κ3) is 15.3. The van der Waals surface area contributed by atoms with E-state index in [2.05, 4.69) is 26.6 Å². The topological polar surface area (TPSA) is 345 Å². The number of rotatable bonds is 26. The molecule has 0 atom stereocenters. The first-order chi connectivity index (χ1) is 38.6. The Hall–Kier alpha value is -9.72. The molecule has 5 aromatic rings. The molecular weight excluding hydrogens is 1060 g/mol. The summed E-state index contributed by atoms with van der Waals surface area (Å²) >= 11 is 0. The number of amides is 9. The van der Waals surface area contributed by atoms with Crippen LogP contribution in [0.3, 0.4) is 0 Å². The van der Waals surface area contributed by atoms with Gasteiger partial charge in [-0.15, -0.1) is 0 Å². The number of nitrogens with one attached hydrogen (secondary N) is 5. The number of unbranched alkanes of at least 4 members (excludes halogenated alkanes) is 1. The van der Waals surface area contributed by atoms with Crippen LogP contribution in [0.4, 0.5) is 21.9 Å². The summed E-state index contributed by atoms with van der Waals surface area (Å²) in [5, 5.41) is 37.6. The van der Waals surface area contributed by atoms with Crippen molar-refractivity contribution >= 4 is 97.9 Å². The lowest BCUT2D eigenvalue weighted by atomic mass is 9.93. The lowest BCUT2D eigenvalue weighted by Crippen LogP contribution is -2.46. The molecule has 0 radical (unpaired) electrons. The minimum absolute atomic E-state index is 0.00731. The van der Waals surface area contributed by atoms with E-state index in [4.69, 9.17) is 9.47 Å². The highest BCUT2D eigenvalue weighted by molar-refractivity contribution is 6.27. The monoisotopic (exact) mass is 1110 g/mol. The summed E-state index contributed by atoms with van der Waals surface area (Å²) in [6.07, 6.45) is 0.495. The van der Waals surface area contributed by atoms with E-state index in [0.29, 0.717) is 40.3 Å². The predicted molar refractivity (Wildman–Crippen MR) is 290 cm³/mol. The molecular formula is C55H58N10O16. The normalized spacial score (nSPS) is 12.7. The molecule has 0 saturated carbocycles. The molecule has 0 spiro atoms. The number of non-ortho nitro benzene ring substituents is 2. The highest BCUT2D eigenvalue weighted by Gasteiger charge is 2.36. The van der Waals surface area contributed by atoms with Gasteiger partial charge in [0.2, 0.25) is 23.6 Å². The van der Waals surface area contributed by atoms with Crippen LogP contribution in [0.5, 0.6) is 0 Å². The molecule has 81 heavy (non-hydrogen) atoms. The lowest BCUT2D eigenvalue weighted by molar-refractivity contribution is -0.384. The molecule has 2 heterocycles. The Morgan fingerprint density at radius 1 is 0.580 bits per heavy atom. The molecule has 0 aliphatic carbocycles. The van der Waals surface area contributed by atoms with Gasteiger partial charge in [0.1, 0.15) is 12.2 Å². The Labute approximate surface area is 462 Å². The quantitative estimate of drug-likeness (QED) is 0.0167.